The maximum atomic E-state index is 12.4. The molecule has 0 radical (unpaired) electrons. The van der Waals surface area contributed by atoms with E-state index in [1.807, 2.05) is 55.8 Å². The number of amidine groups is 1. The zero-order valence-corrected chi connectivity index (χ0v) is 14.4. The van der Waals surface area contributed by atoms with Crippen molar-refractivity contribution in [3.05, 3.63) is 47.2 Å². The Labute approximate surface area is 136 Å². The molecule has 0 bridgehead atoms. The molecule has 1 aromatic carbocycles. The maximum absolute atomic E-state index is 12.4. The van der Waals surface area contributed by atoms with Crippen LogP contribution in [0.3, 0.4) is 0 Å². The van der Waals surface area contributed by atoms with Crippen LogP contribution in [0.2, 0.25) is 0 Å². The summed E-state index contributed by atoms with van der Waals surface area (Å²) in [6.07, 6.45) is 0. The van der Waals surface area contributed by atoms with Gasteiger partial charge in [-0.05, 0) is 25.6 Å². The fourth-order valence-electron chi connectivity index (χ4n) is 2.48. The number of thioether (sulfide) groups is 1. The highest BCUT2D eigenvalue weighted by atomic mass is 32.2. The van der Waals surface area contributed by atoms with E-state index in [1.165, 1.54) is 0 Å². The molecule has 1 aliphatic rings. The van der Waals surface area contributed by atoms with Crippen LogP contribution in [-0.4, -0.2) is 35.1 Å². The van der Waals surface area contributed by atoms with E-state index in [-0.39, 0.29) is 12.0 Å². The Balaban J connectivity index is 2.50. The van der Waals surface area contributed by atoms with Gasteiger partial charge in [0.15, 0.2) is 6.04 Å². The van der Waals surface area contributed by atoms with E-state index < -0.39 is 0 Å². The third kappa shape index (κ3) is 3.35. The number of benzene rings is 1. The Hall–Kier alpha value is -1.75. The highest BCUT2D eigenvalue weighted by Gasteiger charge is 2.37. The average molecular weight is 319 g/mol. The molecule has 1 aromatic rings. The summed E-state index contributed by atoms with van der Waals surface area (Å²) in [5.74, 6) is 0.713. The molecule has 5 heteroatoms. The molecule has 0 spiro atoms. The fraction of sp³-hybridized carbons (Fsp3) is 0.412. The molecule has 22 heavy (non-hydrogen) atoms. The zero-order valence-electron chi connectivity index (χ0n) is 13.6. The Morgan fingerprint density at radius 1 is 1.32 bits per heavy atom. The van der Waals surface area contributed by atoms with Gasteiger partial charge in [0, 0.05) is 11.3 Å². The number of allylic oxidation sites excluding steroid dienone is 1. The van der Waals surface area contributed by atoms with Crippen LogP contribution in [0.15, 0.2) is 41.6 Å². The highest BCUT2D eigenvalue weighted by molar-refractivity contribution is 8.13. The summed E-state index contributed by atoms with van der Waals surface area (Å²) in [5.41, 5.74) is 2.67. The number of carbonyl (C=O) groups excluding carboxylic acids is 1. The number of nitrogens with one attached hydrogen (secondary N) is 1. The monoisotopic (exact) mass is 319 g/mol. The molecule has 118 valence electrons. The van der Waals surface area contributed by atoms with Crippen LogP contribution in [0.25, 0.3) is 0 Å². The van der Waals surface area contributed by atoms with Gasteiger partial charge < -0.3 is 4.74 Å². The lowest BCUT2D eigenvalue weighted by molar-refractivity contribution is -0.446. The third-order valence-electron chi connectivity index (χ3n) is 3.66. The van der Waals surface area contributed by atoms with Crippen LogP contribution in [0, 0.1) is 0 Å². The summed E-state index contributed by atoms with van der Waals surface area (Å²) in [6.45, 7) is 6.29. The largest absolute Gasteiger partial charge is 0.462 e. The fourth-order valence-corrected chi connectivity index (χ4v) is 3.28. The van der Waals surface area contributed by atoms with Gasteiger partial charge in [-0.1, -0.05) is 37.3 Å². The lowest BCUT2D eigenvalue weighted by Crippen LogP contribution is -2.41. The topological polar surface area (TPSA) is 41.3 Å². The van der Waals surface area contributed by atoms with Crippen LogP contribution in [-0.2, 0) is 9.53 Å². The minimum absolute atomic E-state index is 0.175. The van der Waals surface area contributed by atoms with Crippen molar-refractivity contribution in [1.29, 1.82) is 0 Å². The van der Waals surface area contributed by atoms with Gasteiger partial charge in [0.25, 0.3) is 0 Å². The molecule has 0 saturated carbocycles. The second kappa shape index (κ2) is 7.49. The molecule has 1 unspecified atom stereocenters. The molecule has 1 atom stereocenters. The first-order chi connectivity index (χ1) is 10.6. The predicted octanol–water partition coefficient (Wildman–Crippen LogP) is 2.92. The van der Waals surface area contributed by atoms with Crippen molar-refractivity contribution >= 4 is 22.9 Å². The molecule has 1 aliphatic heterocycles. The second-order valence-corrected chi connectivity index (χ2v) is 6.26. The van der Waals surface area contributed by atoms with Gasteiger partial charge >= 0.3 is 11.1 Å². The van der Waals surface area contributed by atoms with Gasteiger partial charge in [-0.3, -0.25) is 5.32 Å². The second-order valence-electron chi connectivity index (χ2n) is 5.00. The van der Waals surface area contributed by atoms with Gasteiger partial charge in [0.1, 0.15) is 11.3 Å². The Bertz CT molecular complexity index is 608. The number of rotatable bonds is 4. The number of esters is 1. The maximum Gasteiger partial charge on any atom is 0.342 e. The van der Waals surface area contributed by atoms with E-state index in [0.717, 1.165) is 22.2 Å². The van der Waals surface area contributed by atoms with Gasteiger partial charge in [0.05, 0.1) is 13.7 Å². The summed E-state index contributed by atoms with van der Waals surface area (Å²) in [7, 11) is 1.97. The number of nitrogens with zero attached hydrogens (tertiary/aromatic N) is 1. The number of hydrogen-bond acceptors (Lipinski definition) is 4. The molecular formula is C17H23N2O2S+. The predicted molar refractivity (Wildman–Crippen MR) is 91.0 cm³/mol. The minimum atomic E-state index is -0.256. The summed E-state index contributed by atoms with van der Waals surface area (Å²) < 4.78 is 7.30. The first-order valence-electron chi connectivity index (χ1n) is 7.53. The van der Waals surface area contributed by atoms with Crippen molar-refractivity contribution in [3.8, 4) is 0 Å². The van der Waals surface area contributed by atoms with Crippen molar-refractivity contribution in [2.45, 2.75) is 26.8 Å². The molecule has 0 fully saturated rings. The smallest absolute Gasteiger partial charge is 0.342 e. The standard InChI is InChI=1S/C17H22N2O2S/c1-5-21-16(20)14-12(3)19(4)17(22-6-2)18-15(14)13-10-8-7-9-11-13/h7-11,15H,5-6H2,1-4H3/p+1. The van der Waals surface area contributed by atoms with Gasteiger partial charge in [-0.25, -0.2) is 9.37 Å². The van der Waals surface area contributed by atoms with E-state index >= 15 is 0 Å². The van der Waals surface area contributed by atoms with Crippen LogP contribution in [0.5, 0.6) is 0 Å². The number of ether oxygens (including phenoxy) is 1. The summed E-state index contributed by atoms with van der Waals surface area (Å²) >= 11 is 1.73. The molecule has 4 nitrogen and oxygen atoms in total. The van der Waals surface area contributed by atoms with E-state index in [2.05, 4.69) is 12.2 Å². The van der Waals surface area contributed by atoms with Crippen LogP contribution >= 0.6 is 11.8 Å². The first kappa shape index (κ1) is 16.6. The SMILES string of the molecule is CCOC(=O)C1=C(C)[N+](C)=C(SCC)NC1c1ccccc1. The van der Waals surface area contributed by atoms with E-state index in [0.29, 0.717) is 12.2 Å². The lowest BCUT2D eigenvalue weighted by Gasteiger charge is -2.25. The van der Waals surface area contributed by atoms with Gasteiger partial charge in [0.2, 0.25) is 0 Å². The Morgan fingerprint density at radius 3 is 2.59 bits per heavy atom. The lowest BCUT2D eigenvalue weighted by atomic mass is 9.96. The zero-order chi connectivity index (χ0) is 16.1. The Kier molecular flexibility index (Phi) is 5.66. The molecule has 0 saturated heterocycles. The summed E-state index contributed by atoms with van der Waals surface area (Å²) in [5, 5.41) is 4.54. The summed E-state index contributed by atoms with van der Waals surface area (Å²) in [4.78, 5) is 12.4. The van der Waals surface area contributed by atoms with Crippen molar-refractivity contribution in [2.75, 3.05) is 19.4 Å². The summed E-state index contributed by atoms with van der Waals surface area (Å²) in [6, 6.07) is 9.84. The highest BCUT2D eigenvalue weighted by Crippen LogP contribution is 2.30. The minimum Gasteiger partial charge on any atom is -0.462 e. The molecule has 0 amide bonds. The van der Waals surface area contributed by atoms with E-state index in [1.54, 1.807) is 11.8 Å². The molecule has 2 rings (SSSR count). The van der Waals surface area contributed by atoms with Crippen molar-refractivity contribution < 1.29 is 14.1 Å². The van der Waals surface area contributed by atoms with Gasteiger partial charge in [-0.15, -0.1) is 0 Å². The van der Waals surface area contributed by atoms with Crippen LogP contribution in [0.1, 0.15) is 32.4 Å². The van der Waals surface area contributed by atoms with Crippen LogP contribution in [0.4, 0.5) is 0 Å². The normalized spacial score (nSPS) is 18.3. The molecule has 0 aliphatic carbocycles. The van der Waals surface area contributed by atoms with E-state index in [4.69, 9.17) is 4.74 Å². The van der Waals surface area contributed by atoms with Crippen molar-refractivity contribution in [1.82, 2.24) is 5.32 Å². The number of hydrogen-bond donors (Lipinski definition) is 1. The first-order valence-corrected chi connectivity index (χ1v) is 8.51. The molecule has 1 heterocycles. The molecule has 0 aromatic heterocycles. The number of carbonyl (C=O) groups is 1. The molecule has 1 N–H and O–H groups in total. The molecular weight excluding hydrogens is 296 g/mol. The van der Waals surface area contributed by atoms with Crippen molar-refractivity contribution in [2.24, 2.45) is 0 Å². The van der Waals surface area contributed by atoms with Crippen LogP contribution < -0.4 is 5.32 Å². The van der Waals surface area contributed by atoms with E-state index in [9.17, 15) is 4.79 Å². The Morgan fingerprint density at radius 2 is 2.00 bits per heavy atom. The van der Waals surface area contributed by atoms with Gasteiger partial charge in [-0.2, -0.15) is 0 Å². The van der Waals surface area contributed by atoms with Crippen molar-refractivity contribution in [3.63, 3.8) is 0 Å². The average Bonchev–Trinajstić information content (AvgIpc) is 2.52. The third-order valence-corrected chi connectivity index (χ3v) is 4.62. The quantitative estimate of drug-likeness (QED) is 0.684.